The predicted molar refractivity (Wildman–Crippen MR) is 77.7 cm³/mol. The minimum atomic E-state index is -0.250. The van der Waals surface area contributed by atoms with Gasteiger partial charge in [-0.05, 0) is 43.4 Å². The van der Waals surface area contributed by atoms with Crippen LogP contribution in [0.4, 0.5) is 4.39 Å². The van der Waals surface area contributed by atoms with Crippen LogP contribution in [-0.2, 0) is 11.2 Å². The zero-order valence-corrected chi connectivity index (χ0v) is 12.0. The maximum Gasteiger partial charge on any atom is 0.226 e. The fourth-order valence-corrected chi connectivity index (χ4v) is 2.92. The van der Waals surface area contributed by atoms with Crippen molar-refractivity contribution in [2.75, 3.05) is 13.1 Å². The highest BCUT2D eigenvalue weighted by atomic mass is 19.1. The number of benzene rings is 1. The maximum atomic E-state index is 13.2. The molecule has 0 aliphatic carbocycles. The monoisotopic (exact) mass is 278 g/mol. The second-order valence-corrected chi connectivity index (χ2v) is 5.65. The van der Waals surface area contributed by atoms with E-state index in [1.807, 2.05) is 17.9 Å². The Kier molecular flexibility index (Phi) is 5.12. The third kappa shape index (κ3) is 3.57. The summed E-state index contributed by atoms with van der Waals surface area (Å²) in [6.07, 6.45) is 3.76. The minimum Gasteiger partial charge on any atom is -0.338 e. The summed E-state index contributed by atoms with van der Waals surface area (Å²) < 4.78 is 13.2. The normalized spacial score (nSPS) is 20.8. The molecular formula is C16H23FN2O. The van der Waals surface area contributed by atoms with Crippen LogP contribution in [0.25, 0.3) is 0 Å². The number of carbonyl (C=O) groups excluding carboxylic acids is 1. The van der Waals surface area contributed by atoms with Crippen LogP contribution in [0, 0.1) is 11.7 Å². The number of piperidine rings is 1. The van der Waals surface area contributed by atoms with Gasteiger partial charge in [-0.15, -0.1) is 0 Å². The smallest absolute Gasteiger partial charge is 0.226 e. The second kappa shape index (κ2) is 6.84. The van der Waals surface area contributed by atoms with Crippen molar-refractivity contribution in [1.29, 1.82) is 0 Å². The largest absolute Gasteiger partial charge is 0.338 e. The van der Waals surface area contributed by atoms with Crippen molar-refractivity contribution in [3.63, 3.8) is 0 Å². The average molecular weight is 278 g/mol. The van der Waals surface area contributed by atoms with E-state index in [9.17, 15) is 9.18 Å². The number of carbonyl (C=O) groups is 1. The second-order valence-electron chi connectivity index (χ2n) is 5.65. The Morgan fingerprint density at radius 2 is 2.30 bits per heavy atom. The van der Waals surface area contributed by atoms with Crippen molar-refractivity contribution in [3.05, 3.63) is 35.6 Å². The first-order valence-electron chi connectivity index (χ1n) is 7.37. The average Bonchev–Trinajstić information content (AvgIpc) is 2.46. The van der Waals surface area contributed by atoms with E-state index >= 15 is 0 Å². The molecule has 1 aromatic rings. The molecule has 1 amide bonds. The molecule has 0 saturated carbocycles. The molecule has 1 saturated heterocycles. The fraction of sp³-hybridized carbons (Fsp3) is 0.562. The van der Waals surface area contributed by atoms with Gasteiger partial charge >= 0.3 is 0 Å². The lowest BCUT2D eigenvalue weighted by Crippen LogP contribution is -2.49. The Morgan fingerprint density at radius 1 is 1.50 bits per heavy atom. The van der Waals surface area contributed by atoms with Crippen LogP contribution >= 0.6 is 0 Å². The van der Waals surface area contributed by atoms with E-state index in [1.54, 1.807) is 6.07 Å². The molecule has 2 atom stereocenters. The molecule has 0 aromatic heterocycles. The molecule has 1 aliphatic heterocycles. The Hall–Kier alpha value is -1.42. The van der Waals surface area contributed by atoms with Crippen LogP contribution in [0.15, 0.2) is 24.3 Å². The van der Waals surface area contributed by atoms with Gasteiger partial charge in [-0.2, -0.15) is 0 Å². The van der Waals surface area contributed by atoms with Gasteiger partial charge in [0.25, 0.3) is 0 Å². The highest BCUT2D eigenvalue weighted by molar-refractivity contribution is 5.79. The van der Waals surface area contributed by atoms with Crippen molar-refractivity contribution in [3.8, 4) is 0 Å². The molecule has 1 heterocycles. The van der Waals surface area contributed by atoms with Crippen LogP contribution in [0.3, 0.4) is 0 Å². The lowest BCUT2D eigenvalue weighted by molar-refractivity contribution is -0.138. The van der Waals surface area contributed by atoms with Gasteiger partial charge in [0.15, 0.2) is 0 Å². The van der Waals surface area contributed by atoms with Crippen molar-refractivity contribution >= 4 is 5.91 Å². The third-order valence-corrected chi connectivity index (χ3v) is 4.03. The van der Waals surface area contributed by atoms with Gasteiger partial charge in [0.2, 0.25) is 5.91 Å². The van der Waals surface area contributed by atoms with E-state index in [0.717, 1.165) is 31.4 Å². The topological polar surface area (TPSA) is 46.3 Å². The Labute approximate surface area is 120 Å². The molecule has 1 aliphatic rings. The molecule has 1 aromatic carbocycles. The van der Waals surface area contributed by atoms with E-state index in [1.165, 1.54) is 12.1 Å². The summed E-state index contributed by atoms with van der Waals surface area (Å²) in [5, 5.41) is 0. The summed E-state index contributed by atoms with van der Waals surface area (Å²) in [5.74, 6) is -0.242. The number of nitrogens with two attached hydrogens (primary N) is 1. The number of hydrogen-bond acceptors (Lipinski definition) is 2. The maximum absolute atomic E-state index is 13.2. The molecule has 2 N–H and O–H groups in total. The first kappa shape index (κ1) is 15.0. The van der Waals surface area contributed by atoms with E-state index in [2.05, 4.69) is 0 Å². The van der Waals surface area contributed by atoms with Gasteiger partial charge in [0.1, 0.15) is 5.82 Å². The van der Waals surface area contributed by atoms with E-state index in [0.29, 0.717) is 13.0 Å². The highest BCUT2D eigenvalue weighted by Gasteiger charge is 2.28. The third-order valence-electron chi connectivity index (χ3n) is 4.03. The quantitative estimate of drug-likeness (QED) is 0.919. The molecular weight excluding hydrogens is 255 g/mol. The molecule has 110 valence electrons. The fourth-order valence-electron chi connectivity index (χ4n) is 2.92. The van der Waals surface area contributed by atoms with Gasteiger partial charge in [0.05, 0.1) is 0 Å². The zero-order valence-electron chi connectivity index (χ0n) is 12.0. The highest BCUT2D eigenvalue weighted by Crippen LogP contribution is 2.20. The van der Waals surface area contributed by atoms with Gasteiger partial charge in [-0.1, -0.05) is 19.1 Å². The number of amides is 1. The lowest BCUT2D eigenvalue weighted by atomic mass is 9.96. The van der Waals surface area contributed by atoms with Crippen molar-refractivity contribution in [1.82, 2.24) is 4.90 Å². The molecule has 0 radical (unpaired) electrons. The van der Waals surface area contributed by atoms with Crippen molar-refractivity contribution in [2.24, 2.45) is 11.7 Å². The van der Waals surface area contributed by atoms with Gasteiger partial charge < -0.3 is 10.6 Å². The van der Waals surface area contributed by atoms with Gasteiger partial charge in [0, 0.05) is 25.0 Å². The summed E-state index contributed by atoms with van der Waals surface area (Å²) in [6, 6.07) is 6.65. The molecule has 0 bridgehead atoms. The number of nitrogens with zero attached hydrogens (tertiary/aromatic N) is 1. The molecule has 2 rings (SSSR count). The summed E-state index contributed by atoms with van der Waals surface area (Å²) >= 11 is 0. The van der Waals surface area contributed by atoms with Crippen LogP contribution in [-0.4, -0.2) is 29.9 Å². The summed E-state index contributed by atoms with van der Waals surface area (Å²) in [6.45, 7) is 3.24. The zero-order chi connectivity index (χ0) is 14.5. The molecule has 1 fully saturated rings. The Balaban J connectivity index is 2.00. The lowest BCUT2D eigenvalue weighted by Gasteiger charge is -2.36. The summed E-state index contributed by atoms with van der Waals surface area (Å²) in [4.78, 5) is 14.5. The molecule has 2 unspecified atom stereocenters. The molecule has 3 nitrogen and oxygen atoms in total. The van der Waals surface area contributed by atoms with Crippen LogP contribution < -0.4 is 5.73 Å². The first-order chi connectivity index (χ1) is 9.61. The molecule has 20 heavy (non-hydrogen) atoms. The molecule has 4 heteroatoms. The summed E-state index contributed by atoms with van der Waals surface area (Å²) in [5.41, 5.74) is 6.63. The van der Waals surface area contributed by atoms with Gasteiger partial charge in [-0.25, -0.2) is 4.39 Å². The van der Waals surface area contributed by atoms with Crippen LogP contribution in [0.2, 0.25) is 0 Å². The van der Waals surface area contributed by atoms with Gasteiger partial charge in [-0.3, -0.25) is 4.79 Å². The van der Waals surface area contributed by atoms with E-state index in [-0.39, 0.29) is 23.7 Å². The standard InChI is InChI=1S/C16H23FN2O/c1-12(9-13-5-4-6-14(17)10-13)16(20)19-8-3-2-7-15(19)11-18/h4-6,10,12,15H,2-3,7-9,11,18H2,1H3. The predicted octanol–water partition coefficient (Wildman–Crippen LogP) is 2.34. The number of hydrogen-bond donors (Lipinski definition) is 1. The van der Waals surface area contributed by atoms with E-state index in [4.69, 9.17) is 5.73 Å². The van der Waals surface area contributed by atoms with Crippen LogP contribution in [0.5, 0.6) is 0 Å². The van der Waals surface area contributed by atoms with Crippen molar-refractivity contribution < 1.29 is 9.18 Å². The number of likely N-dealkylation sites (tertiary alicyclic amines) is 1. The Bertz CT molecular complexity index is 464. The number of halogens is 1. The van der Waals surface area contributed by atoms with Crippen molar-refractivity contribution in [2.45, 2.75) is 38.6 Å². The molecule has 0 spiro atoms. The van der Waals surface area contributed by atoms with Crippen LogP contribution in [0.1, 0.15) is 31.7 Å². The number of rotatable bonds is 4. The Morgan fingerprint density at radius 3 is 3.00 bits per heavy atom. The minimum absolute atomic E-state index is 0.135. The summed E-state index contributed by atoms with van der Waals surface area (Å²) in [7, 11) is 0. The first-order valence-corrected chi connectivity index (χ1v) is 7.37. The SMILES string of the molecule is CC(Cc1cccc(F)c1)C(=O)N1CCCCC1CN. The van der Waals surface area contributed by atoms with E-state index < -0.39 is 0 Å².